The van der Waals surface area contributed by atoms with E-state index in [0.29, 0.717) is 58.2 Å². The van der Waals surface area contributed by atoms with Gasteiger partial charge in [0, 0.05) is 26.2 Å². The second kappa shape index (κ2) is 10.5. The average Bonchev–Trinajstić information content (AvgIpc) is 3.28. The second-order valence-electron chi connectivity index (χ2n) is 6.65. The first-order valence-corrected chi connectivity index (χ1v) is 9.83. The van der Waals surface area contributed by atoms with Crippen molar-refractivity contribution in [2.24, 2.45) is 0 Å². The molecule has 2 aromatic rings. The number of furan rings is 1. The summed E-state index contributed by atoms with van der Waals surface area (Å²) in [6, 6.07) is 10.8. The van der Waals surface area contributed by atoms with Crippen LogP contribution in [-0.4, -0.2) is 74.1 Å². The lowest BCUT2D eigenvalue weighted by Crippen LogP contribution is -2.51. The maximum Gasteiger partial charge on any atom is 0.289 e. The van der Waals surface area contributed by atoms with Crippen LogP contribution < -0.4 is 14.8 Å². The molecule has 1 aromatic heterocycles. The molecule has 2 heterocycles. The zero-order valence-electron chi connectivity index (χ0n) is 16.6. The van der Waals surface area contributed by atoms with E-state index in [1.165, 1.54) is 6.26 Å². The van der Waals surface area contributed by atoms with Crippen molar-refractivity contribution in [3.63, 3.8) is 0 Å². The van der Waals surface area contributed by atoms with E-state index in [1.54, 1.807) is 17.0 Å². The molecule has 2 amide bonds. The molecule has 1 fully saturated rings. The molecule has 0 aliphatic carbocycles. The van der Waals surface area contributed by atoms with E-state index in [9.17, 15) is 9.59 Å². The monoisotopic (exact) mass is 401 g/mol. The van der Waals surface area contributed by atoms with Gasteiger partial charge < -0.3 is 24.1 Å². The highest BCUT2D eigenvalue weighted by atomic mass is 16.5. The number of rotatable bonds is 9. The molecule has 8 nitrogen and oxygen atoms in total. The van der Waals surface area contributed by atoms with Gasteiger partial charge in [0.1, 0.15) is 18.1 Å². The first-order chi connectivity index (χ1) is 14.2. The van der Waals surface area contributed by atoms with Gasteiger partial charge in [-0.3, -0.25) is 14.5 Å². The number of piperazine rings is 1. The van der Waals surface area contributed by atoms with Gasteiger partial charge in [-0.15, -0.1) is 0 Å². The molecule has 8 heteroatoms. The van der Waals surface area contributed by atoms with Gasteiger partial charge in [-0.25, -0.2) is 0 Å². The SMILES string of the molecule is CCOc1ccc(OCCNC(=O)CN2CCN(C(=O)c3ccco3)CC2)cc1. The predicted octanol–water partition coefficient (Wildman–Crippen LogP) is 1.63. The summed E-state index contributed by atoms with van der Waals surface area (Å²) >= 11 is 0. The normalized spacial score (nSPS) is 14.4. The van der Waals surface area contributed by atoms with E-state index in [1.807, 2.05) is 36.1 Å². The number of carbonyl (C=O) groups is 2. The van der Waals surface area contributed by atoms with E-state index in [2.05, 4.69) is 5.32 Å². The second-order valence-corrected chi connectivity index (χ2v) is 6.65. The number of hydrogen-bond donors (Lipinski definition) is 1. The molecule has 1 aliphatic heterocycles. The van der Waals surface area contributed by atoms with Gasteiger partial charge >= 0.3 is 0 Å². The van der Waals surface area contributed by atoms with Crippen molar-refractivity contribution in [2.75, 3.05) is 52.5 Å². The van der Waals surface area contributed by atoms with Crippen LogP contribution in [-0.2, 0) is 4.79 Å². The van der Waals surface area contributed by atoms with E-state index >= 15 is 0 Å². The van der Waals surface area contributed by atoms with E-state index in [-0.39, 0.29) is 11.8 Å². The van der Waals surface area contributed by atoms with Crippen LogP contribution in [0.4, 0.5) is 0 Å². The molecule has 29 heavy (non-hydrogen) atoms. The maximum absolute atomic E-state index is 12.2. The zero-order valence-corrected chi connectivity index (χ0v) is 16.6. The molecule has 0 radical (unpaired) electrons. The largest absolute Gasteiger partial charge is 0.494 e. The minimum atomic E-state index is -0.106. The first kappa shape index (κ1) is 20.7. The Labute approximate surface area is 170 Å². The predicted molar refractivity (Wildman–Crippen MR) is 107 cm³/mol. The number of amides is 2. The summed E-state index contributed by atoms with van der Waals surface area (Å²) in [4.78, 5) is 28.2. The Morgan fingerprint density at radius 1 is 1.03 bits per heavy atom. The van der Waals surface area contributed by atoms with Crippen molar-refractivity contribution in [3.05, 3.63) is 48.4 Å². The van der Waals surface area contributed by atoms with Gasteiger partial charge in [0.25, 0.3) is 5.91 Å². The number of carbonyl (C=O) groups excluding carboxylic acids is 2. The third-order valence-electron chi connectivity index (χ3n) is 4.59. The van der Waals surface area contributed by atoms with Crippen molar-refractivity contribution < 1.29 is 23.5 Å². The lowest BCUT2D eigenvalue weighted by atomic mass is 10.3. The molecule has 0 spiro atoms. The molecule has 0 saturated carbocycles. The molecule has 156 valence electrons. The van der Waals surface area contributed by atoms with Crippen LogP contribution >= 0.6 is 0 Å². The van der Waals surface area contributed by atoms with Crippen LogP contribution in [0.5, 0.6) is 11.5 Å². The number of nitrogens with one attached hydrogen (secondary N) is 1. The molecule has 1 N–H and O–H groups in total. The molecule has 3 rings (SSSR count). The van der Waals surface area contributed by atoms with Gasteiger partial charge in [0.05, 0.1) is 26.0 Å². The molecule has 0 unspecified atom stereocenters. The summed E-state index contributed by atoms with van der Waals surface area (Å²) in [5, 5.41) is 2.86. The topological polar surface area (TPSA) is 84.3 Å². The Morgan fingerprint density at radius 2 is 1.72 bits per heavy atom. The van der Waals surface area contributed by atoms with Crippen molar-refractivity contribution in [3.8, 4) is 11.5 Å². The molecule has 1 aliphatic rings. The summed E-state index contributed by atoms with van der Waals surface area (Å²) < 4.78 is 16.2. The summed E-state index contributed by atoms with van der Waals surface area (Å²) in [5.74, 6) is 1.74. The van der Waals surface area contributed by atoms with Gasteiger partial charge in [-0.1, -0.05) is 0 Å². The Kier molecular flexibility index (Phi) is 7.52. The van der Waals surface area contributed by atoms with Crippen LogP contribution in [0.3, 0.4) is 0 Å². The van der Waals surface area contributed by atoms with Crippen LogP contribution in [0.1, 0.15) is 17.5 Å². The van der Waals surface area contributed by atoms with Crippen molar-refractivity contribution in [1.82, 2.24) is 15.1 Å². The van der Waals surface area contributed by atoms with Gasteiger partial charge in [-0.2, -0.15) is 0 Å². The molecule has 0 atom stereocenters. The van der Waals surface area contributed by atoms with Gasteiger partial charge in [-0.05, 0) is 43.3 Å². The number of nitrogens with zero attached hydrogens (tertiary/aromatic N) is 2. The van der Waals surface area contributed by atoms with Crippen molar-refractivity contribution in [2.45, 2.75) is 6.92 Å². The highest BCUT2D eigenvalue weighted by Gasteiger charge is 2.24. The van der Waals surface area contributed by atoms with Crippen LogP contribution in [0.25, 0.3) is 0 Å². The third kappa shape index (κ3) is 6.25. The number of ether oxygens (including phenoxy) is 2. The fraction of sp³-hybridized carbons (Fsp3) is 0.429. The lowest BCUT2D eigenvalue weighted by molar-refractivity contribution is -0.122. The van der Waals surface area contributed by atoms with E-state index in [0.717, 1.165) is 11.5 Å². The van der Waals surface area contributed by atoms with Crippen LogP contribution in [0, 0.1) is 0 Å². The summed E-state index contributed by atoms with van der Waals surface area (Å²) in [6.45, 7) is 6.17. The maximum atomic E-state index is 12.2. The van der Waals surface area contributed by atoms with E-state index < -0.39 is 0 Å². The quantitative estimate of drug-likeness (QED) is 0.643. The number of hydrogen-bond acceptors (Lipinski definition) is 6. The highest BCUT2D eigenvalue weighted by molar-refractivity contribution is 5.91. The van der Waals surface area contributed by atoms with Crippen molar-refractivity contribution >= 4 is 11.8 Å². The Bertz CT molecular complexity index is 768. The summed E-state index contributed by atoms with van der Waals surface area (Å²) in [6.07, 6.45) is 1.49. The third-order valence-corrected chi connectivity index (χ3v) is 4.59. The first-order valence-electron chi connectivity index (χ1n) is 9.83. The highest BCUT2D eigenvalue weighted by Crippen LogP contribution is 2.17. The lowest BCUT2D eigenvalue weighted by Gasteiger charge is -2.33. The average molecular weight is 401 g/mol. The minimum absolute atomic E-state index is 0.0499. The van der Waals surface area contributed by atoms with E-state index in [4.69, 9.17) is 13.9 Å². The fourth-order valence-corrected chi connectivity index (χ4v) is 3.08. The standard InChI is InChI=1S/C21H27N3O5/c1-2-27-17-5-7-18(8-6-17)28-15-9-22-20(25)16-23-10-12-24(13-11-23)21(26)19-4-3-14-29-19/h3-8,14H,2,9-13,15-16H2,1H3,(H,22,25). The van der Waals surface area contributed by atoms with Crippen LogP contribution in [0.2, 0.25) is 0 Å². The summed E-state index contributed by atoms with van der Waals surface area (Å²) in [7, 11) is 0. The smallest absolute Gasteiger partial charge is 0.289 e. The molecular weight excluding hydrogens is 374 g/mol. The fourth-order valence-electron chi connectivity index (χ4n) is 3.08. The zero-order chi connectivity index (χ0) is 20.5. The summed E-state index contributed by atoms with van der Waals surface area (Å²) in [5.41, 5.74) is 0. The van der Waals surface area contributed by atoms with Gasteiger partial charge in [0.15, 0.2) is 5.76 Å². The Hall–Kier alpha value is -3.00. The van der Waals surface area contributed by atoms with Gasteiger partial charge in [0.2, 0.25) is 5.91 Å². The Morgan fingerprint density at radius 3 is 2.34 bits per heavy atom. The molecule has 1 aromatic carbocycles. The molecule has 0 bridgehead atoms. The van der Waals surface area contributed by atoms with Crippen molar-refractivity contribution in [1.29, 1.82) is 0 Å². The number of benzene rings is 1. The molecular formula is C21H27N3O5. The molecule has 1 saturated heterocycles. The Balaban J connectivity index is 1.29. The minimum Gasteiger partial charge on any atom is -0.494 e. The van der Waals surface area contributed by atoms with Crippen LogP contribution in [0.15, 0.2) is 47.1 Å².